The summed E-state index contributed by atoms with van der Waals surface area (Å²) in [5.41, 5.74) is 1.71. The van der Waals surface area contributed by atoms with Gasteiger partial charge < -0.3 is 14.5 Å². The van der Waals surface area contributed by atoms with Crippen LogP contribution in [0.5, 0.6) is 11.5 Å². The Labute approximate surface area is 168 Å². The molecular weight excluding hydrogens is 376 g/mol. The third-order valence-corrected chi connectivity index (χ3v) is 4.12. The van der Waals surface area contributed by atoms with Crippen LogP contribution in [-0.2, 0) is 4.79 Å². The number of ether oxygens (including phenoxy) is 2. The number of nitrogens with zero attached hydrogens (tertiary/aromatic N) is 1. The summed E-state index contributed by atoms with van der Waals surface area (Å²) in [6.45, 7) is 7.40. The van der Waals surface area contributed by atoms with Gasteiger partial charge in [-0.2, -0.15) is 0 Å². The second-order valence-corrected chi connectivity index (χ2v) is 6.87. The molecule has 29 heavy (non-hydrogen) atoms. The van der Waals surface area contributed by atoms with Gasteiger partial charge in [0.1, 0.15) is 6.61 Å². The maximum atomic E-state index is 12.4. The van der Waals surface area contributed by atoms with Crippen molar-refractivity contribution in [1.29, 1.82) is 0 Å². The van der Waals surface area contributed by atoms with Crippen LogP contribution in [0.3, 0.4) is 0 Å². The molecule has 1 heterocycles. The highest BCUT2D eigenvalue weighted by Crippen LogP contribution is 2.33. The third-order valence-electron chi connectivity index (χ3n) is 4.12. The summed E-state index contributed by atoms with van der Waals surface area (Å²) in [5, 5.41) is 11.4. The summed E-state index contributed by atoms with van der Waals surface area (Å²) in [5.74, 6) is -0.869. The predicted octanol–water partition coefficient (Wildman–Crippen LogP) is 4.43. The number of benzene rings is 1. The number of nitro groups is 1. The minimum Gasteiger partial charge on any atom is -0.485 e. The summed E-state index contributed by atoms with van der Waals surface area (Å²) in [6.07, 6.45) is 5.82. The molecule has 0 fully saturated rings. The SMILES string of the molecule is CC(=O)Oc1c(OCC=C(C)CCC=C(C)C)c2ccc([N+](=O)[O-])cc2[nH]c1=O. The molecule has 0 aliphatic heterocycles. The fourth-order valence-electron chi connectivity index (χ4n) is 2.69. The molecular formula is C21H24N2O6. The van der Waals surface area contributed by atoms with Gasteiger partial charge in [0.2, 0.25) is 5.75 Å². The number of rotatable bonds is 8. The molecule has 0 saturated heterocycles. The Morgan fingerprint density at radius 3 is 2.52 bits per heavy atom. The van der Waals surface area contributed by atoms with Crippen molar-refractivity contribution in [3.63, 3.8) is 0 Å². The number of aromatic nitrogens is 1. The predicted molar refractivity (Wildman–Crippen MR) is 110 cm³/mol. The molecule has 2 aromatic rings. The van der Waals surface area contributed by atoms with E-state index in [4.69, 9.17) is 9.47 Å². The average molecular weight is 400 g/mol. The van der Waals surface area contributed by atoms with E-state index in [0.717, 1.165) is 18.4 Å². The lowest BCUT2D eigenvalue weighted by Crippen LogP contribution is -2.16. The van der Waals surface area contributed by atoms with Gasteiger partial charge in [-0.05, 0) is 45.8 Å². The van der Waals surface area contributed by atoms with Gasteiger partial charge in [0.05, 0.1) is 10.4 Å². The summed E-state index contributed by atoms with van der Waals surface area (Å²) < 4.78 is 10.8. The normalized spacial score (nSPS) is 11.2. The molecule has 8 nitrogen and oxygen atoms in total. The van der Waals surface area contributed by atoms with E-state index in [2.05, 4.69) is 11.1 Å². The van der Waals surface area contributed by atoms with E-state index in [0.29, 0.717) is 5.39 Å². The number of aromatic amines is 1. The van der Waals surface area contributed by atoms with E-state index in [1.807, 2.05) is 26.8 Å². The molecule has 0 aliphatic rings. The van der Waals surface area contributed by atoms with Crippen LogP contribution in [0.25, 0.3) is 10.9 Å². The van der Waals surface area contributed by atoms with Gasteiger partial charge in [0.25, 0.3) is 11.2 Å². The highest BCUT2D eigenvalue weighted by atomic mass is 16.6. The fourth-order valence-corrected chi connectivity index (χ4v) is 2.69. The summed E-state index contributed by atoms with van der Waals surface area (Å²) in [4.78, 5) is 36.7. The molecule has 1 N–H and O–H groups in total. The second kappa shape index (κ2) is 9.68. The Hall–Kier alpha value is -3.42. The first kappa shape index (κ1) is 21.9. The van der Waals surface area contributed by atoms with Crippen molar-refractivity contribution < 1.29 is 19.2 Å². The summed E-state index contributed by atoms with van der Waals surface area (Å²) in [7, 11) is 0. The zero-order valence-corrected chi connectivity index (χ0v) is 16.9. The van der Waals surface area contributed by atoms with Crippen LogP contribution >= 0.6 is 0 Å². The van der Waals surface area contributed by atoms with Crippen LogP contribution in [0.4, 0.5) is 5.69 Å². The van der Waals surface area contributed by atoms with E-state index >= 15 is 0 Å². The van der Waals surface area contributed by atoms with E-state index in [9.17, 15) is 19.7 Å². The first-order valence-electron chi connectivity index (χ1n) is 9.13. The number of carbonyl (C=O) groups is 1. The molecule has 154 valence electrons. The average Bonchev–Trinajstić information content (AvgIpc) is 2.62. The molecule has 0 radical (unpaired) electrons. The van der Waals surface area contributed by atoms with Crippen LogP contribution in [0.1, 0.15) is 40.5 Å². The van der Waals surface area contributed by atoms with Gasteiger partial charge in [-0.25, -0.2) is 0 Å². The molecule has 0 atom stereocenters. The quantitative estimate of drug-likeness (QED) is 0.304. The number of carbonyl (C=O) groups excluding carboxylic acids is 1. The van der Waals surface area contributed by atoms with Crippen molar-refractivity contribution in [3.8, 4) is 11.5 Å². The van der Waals surface area contributed by atoms with Crippen LogP contribution < -0.4 is 15.0 Å². The molecule has 2 rings (SSSR count). The monoisotopic (exact) mass is 400 g/mol. The molecule has 8 heteroatoms. The fraction of sp³-hybridized carbons (Fsp3) is 0.333. The van der Waals surface area contributed by atoms with Gasteiger partial charge >= 0.3 is 5.97 Å². The van der Waals surface area contributed by atoms with Crippen LogP contribution in [0, 0.1) is 10.1 Å². The lowest BCUT2D eigenvalue weighted by atomic mass is 10.1. The van der Waals surface area contributed by atoms with Gasteiger partial charge in [-0.3, -0.25) is 19.7 Å². The van der Waals surface area contributed by atoms with Gasteiger partial charge in [0.15, 0.2) is 5.75 Å². The second-order valence-electron chi connectivity index (χ2n) is 6.87. The Morgan fingerprint density at radius 2 is 1.90 bits per heavy atom. The van der Waals surface area contributed by atoms with E-state index < -0.39 is 16.5 Å². The van der Waals surface area contributed by atoms with Crippen molar-refractivity contribution >= 4 is 22.6 Å². The van der Waals surface area contributed by atoms with Gasteiger partial charge in [-0.15, -0.1) is 0 Å². The first-order chi connectivity index (χ1) is 13.7. The van der Waals surface area contributed by atoms with Crippen LogP contribution in [0.2, 0.25) is 0 Å². The van der Waals surface area contributed by atoms with Crippen LogP contribution in [-0.4, -0.2) is 22.5 Å². The maximum Gasteiger partial charge on any atom is 0.308 e. The lowest BCUT2D eigenvalue weighted by Gasteiger charge is -2.12. The zero-order valence-electron chi connectivity index (χ0n) is 16.9. The molecule has 1 aromatic heterocycles. The zero-order chi connectivity index (χ0) is 21.6. The Bertz CT molecular complexity index is 1050. The maximum absolute atomic E-state index is 12.4. The molecule has 0 unspecified atom stereocenters. The van der Waals surface area contributed by atoms with E-state index in [1.54, 1.807) is 0 Å². The van der Waals surface area contributed by atoms with Crippen molar-refractivity contribution in [2.24, 2.45) is 0 Å². The minimum atomic E-state index is -0.701. The van der Waals surface area contributed by atoms with E-state index in [-0.39, 0.29) is 29.3 Å². The van der Waals surface area contributed by atoms with Crippen molar-refractivity contribution in [2.45, 2.75) is 40.5 Å². The molecule has 0 amide bonds. The third kappa shape index (κ3) is 6.03. The number of pyridine rings is 1. The number of esters is 1. The van der Waals surface area contributed by atoms with Crippen molar-refractivity contribution in [1.82, 2.24) is 4.98 Å². The Morgan fingerprint density at radius 1 is 1.17 bits per heavy atom. The molecule has 0 saturated carbocycles. The van der Waals surface area contributed by atoms with Crippen LogP contribution in [0.15, 0.2) is 46.3 Å². The number of nitro benzene ring substituents is 1. The molecule has 0 bridgehead atoms. The van der Waals surface area contributed by atoms with Crippen molar-refractivity contribution in [2.75, 3.05) is 6.61 Å². The standard InChI is InChI=1S/C21H24N2O6/c1-13(2)6-5-7-14(3)10-11-28-19-17-9-8-16(23(26)27)12-18(17)22-21(25)20(19)29-15(4)24/h6,8-10,12H,5,7,11H2,1-4H3,(H,22,25). The number of nitrogens with one attached hydrogen (secondary N) is 1. The lowest BCUT2D eigenvalue weighted by molar-refractivity contribution is -0.384. The number of H-pyrrole nitrogens is 1. The van der Waals surface area contributed by atoms with E-state index in [1.165, 1.54) is 30.7 Å². The van der Waals surface area contributed by atoms with Crippen molar-refractivity contribution in [3.05, 3.63) is 62.0 Å². The number of allylic oxidation sites excluding steroid dienone is 3. The molecule has 0 aliphatic carbocycles. The highest BCUT2D eigenvalue weighted by Gasteiger charge is 2.19. The highest BCUT2D eigenvalue weighted by molar-refractivity contribution is 5.89. The number of hydrogen-bond donors (Lipinski definition) is 1. The number of hydrogen-bond acceptors (Lipinski definition) is 6. The topological polar surface area (TPSA) is 112 Å². The smallest absolute Gasteiger partial charge is 0.308 e. The Balaban J connectivity index is 2.37. The van der Waals surface area contributed by atoms with Gasteiger partial charge in [0, 0.05) is 24.4 Å². The molecule has 1 aromatic carbocycles. The number of fused-ring (bicyclic) bond motifs is 1. The number of non-ortho nitro benzene ring substituents is 1. The summed E-state index contributed by atoms with van der Waals surface area (Å²) in [6, 6.07) is 3.99. The largest absolute Gasteiger partial charge is 0.485 e. The molecule has 0 spiro atoms. The van der Waals surface area contributed by atoms with Gasteiger partial charge in [-0.1, -0.05) is 17.2 Å². The summed E-state index contributed by atoms with van der Waals surface area (Å²) >= 11 is 0. The Kier molecular flexibility index (Phi) is 7.30. The first-order valence-corrected chi connectivity index (χ1v) is 9.13. The minimum absolute atomic E-state index is 0.0715.